The van der Waals surface area contributed by atoms with E-state index in [1.165, 1.54) is 0 Å². The average Bonchev–Trinajstić information content (AvgIpc) is 3.29. The first-order valence-electron chi connectivity index (χ1n) is 15.2. The number of ether oxygens (including phenoxy) is 2. The van der Waals surface area contributed by atoms with Crippen LogP contribution in [-0.4, -0.2) is 62.2 Å². The number of aliphatic hydroxyl groups is 2. The minimum Gasteiger partial charge on any atom is -0.481 e. The quantitative estimate of drug-likeness (QED) is 0.149. The number of hydrogen-bond acceptors (Lipinski definition) is 7. The Kier molecular flexibility index (Phi) is 11.6. The van der Waals surface area contributed by atoms with Gasteiger partial charge in [-0.1, -0.05) is 66.7 Å². The third kappa shape index (κ3) is 10.7. The molecule has 0 aromatic heterocycles. The van der Waals surface area contributed by atoms with Gasteiger partial charge in [0.15, 0.2) is 6.35 Å². The lowest BCUT2D eigenvalue weighted by Crippen LogP contribution is -2.48. The molecule has 12 heteroatoms. The van der Waals surface area contributed by atoms with Gasteiger partial charge in [0.2, 0.25) is 5.91 Å². The molecule has 1 aliphatic carbocycles. The smallest absolute Gasteiger partial charge is 0.407 e. The van der Waals surface area contributed by atoms with Gasteiger partial charge in [0.1, 0.15) is 11.4 Å². The van der Waals surface area contributed by atoms with E-state index >= 15 is 0 Å². The van der Waals surface area contributed by atoms with Crippen molar-refractivity contribution in [1.29, 1.82) is 0 Å². The van der Waals surface area contributed by atoms with Crippen LogP contribution in [0.25, 0.3) is 0 Å². The number of carbonyl (C=O) groups is 2. The standard InChI is InChI=1S/C34H43N2O9P/c1-34(2,3)45-33(40)35-28(18-22-9-5-4-6-10-22)29(37)20-25(17-23-13-15-26(16-14-23)44-21-46(41,42)43)32(39)36-31-27-12-8-7-11-24(27)19-30(31)38/h4-16,25,28-31,37-38H,17-21H2,1-3H3,(H,35,40)(H,36,39)(H2,41,42,43)/t25-,28+,29+,30-,31+/m1/s1. The Morgan fingerprint density at radius 1 is 0.935 bits per heavy atom. The Labute approximate surface area is 269 Å². The van der Waals surface area contributed by atoms with E-state index in [4.69, 9.17) is 19.3 Å². The second-order valence-electron chi connectivity index (χ2n) is 12.7. The summed E-state index contributed by atoms with van der Waals surface area (Å²) in [6.45, 7) is 5.23. The van der Waals surface area contributed by atoms with E-state index in [0.717, 1.165) is 16.7 Å². The molecule has 3 aromatic carbocycles. The third-order valence-electron chi connectivity index (χ3n) is 7.67. The van der Waals surface area contributed by atoms with Crippen LogP contribution in [0, 0.1) is 5.92 Å². The van der Waals surface area contributed by atoms with Crippen LogP contribution in [0.5, 0.6) is 5.75 Å². The molecule has 46 heavy (non-hydrogen) atoms. The minimum atomic E-state index is -4.36. The summed E-state index contributed by atoms with van der Waals surface area (Å²) in [6, 6.07) is 21.9. The Hall–Kier alpha value is -3.73. The van der Waals surface area contributed by atoms with Gasteiger partial charge in [-0.05, 0) is 74.4 Å². The van der Waals surface area contributed by atoms with Crippen LogP contribution in [0.2, 0.25) is 0 Å². The molecule has 0 radical (unpaired) electrons. The van der Waals surface area contributed by atoms with Gasteiger partial charge < -0.3 is 40.1 Å². The molecule has 6 N–H and O–H groups in total. The molecule has 0 heterocycles. The van der Waals surface area contributed by atoms with E-state index in [1.54, 1.807) is 45.0 Å². The van der Waals surface area contributed by atoms with Crippen molar-refractivity contribution in [2.45, 2.75) is 76.3 Å². The number of nitrogens with one attached hydrogen (secondary N) is 2. The molecule has 248 valence electrons. The summed E-state index contributed by atoms with van der Waals surface area (Å²) in [5, 5.41) is 28.2. The molecule has 0 unspecified atom stereocenters. The monoisotopic (exact) mass is 654 g/mol. The van der Waals surface area contributed by atoms with E-state index in [1.807, 2.05) is 54.6 Å². The first-order valence-corrected chi connectivity index (χ1v) is 17.0. The van der Waals surface area contributed by atoms with E-state index in [0.29, 0.717) is 12.0 Å². The lowest BCUT2D eigenvalue weighted by atomic mass is 9.88. The predicted molar refractivity (Wildman–Crippen MR) is 172 cm³/mol. The summed E-state index contributed by atoms with van der Waals surface area (Å²) in [7, 11) is -4.36. The SMILES string of the molecule is CC(C)(C)OC(=O)N[C@@H](Cc1ccccc1)[C@@H](O)C[C@@H](Cc1ccc(OCP(=O)(O)O)cc1)C(=O)N[C@H]1c2ccccc2C[C@H]1O. The fraction of sp³-hybridized carbons (Fsp3) is 0.412. The number of alkyl carbamates (subject to hydrolysis) is 1. The predicted octanol–water partition coefficient (Wildman–Crippen LogP) is 4.02. The van der Waals surface area contributed by atoms with Crippen molar-refractivity contribution in [3.63, 3.8) is 0 Å². The fourth-order valence-electron chi connectivity index (χ4n) is 5.53. The average molecular weight is 655 g/mol. The third-order valence-corrected chi connectivity index (χ3v) is 8.13. The fourth-order valence-corrected chi connectivity index (χ4v) is 5.85. The first-order chi connectivity index (χ1) is 21.7. The van der Waals surface area contributed by atoms with Crippen molar-refractivity contribution in [1.82, 2.24) is 10.6 Å². The normalized spacial score (nSPS) is 18.2. The Morgan fingerprint density at radius 2 is 1.57 bits per heavy atom. The lowest BCUT2D eigenvalue weighted by Gasteiger charge is -2.29. The van der Waals surface area contributed by atoms with Gasteiger partial charge in [0.05, 0.1) is 24.3 Å². The number of hydrogen-bond donors (Lipinski definition) is 6. The van der Waals surface area contributed by atoms with Gasteiger partial charge in [-0.3, -0.25) is 9.36 Å². The van der Waals surface area contributed by atoms with Crippen molar-refractivity contribution >= 4 is 19.6 Å². The van der Waals surface area contributed by atoms with Gasteiger partial charge in [-0.25, -0.2) is 4.79 Å². The van der Waals surface area contributed by atoms with Crippen LogP contribution in [0.3, 0.4) is 0 Å². The number of amides is 2. The number of aliphatic hydroxyl groups excluding tert-OH is 2. The lowest BCUT2D eigenvalue weighted by molar-refractivity contribution is -0.127. The van der Waals surface area contributed by atoms with Crippen molar-refractivity contribution in [2.24, 2.45) is 5.92 Å². The molecule has 0 spiro atoms. The molecule has 0 aliphatic heterocycles. The Morgan fingerprint density at radius 3 is 2.22 bits per heavy atom. The molecular weight excluding hydrogens is 611 g/mol. The molecule has 0 fully saturated rings. The van der Waals surface area contributed by atoms with Crippen molar-refractivity contribution in [3.8, 4) is 5.75 Å². The highest BCUT2D eigenvalue weighted by molar-refractivity contribution is 7.51. The largest absolute Gasteiger partial charge is 0.481 e. The highest BCUT2D eigenvalue weighted by Crippen LogP contribution is 2.35. The maximum atomic E-state index is 13.9. The zero-order valence-electron chi connectivity index (χ0n) is 26.2. The van der Waals surface area contributed by atoms with Crippen LogP contribution < -0.4 is 15.4 Å². The van der Waals surface area contributed by atoms with Crippen LogP contribution >= 0.6 is 7.60 Å². The van der Waals surface area contributed by atoms with E-state index in [2.05, 4.69) is 10.6 Å². The molecule has 0 saturated heterocycles. The second-order valence-corrected chi connectivity index (χ2v) is 14.3. The maximum absolute atomic E-state index is 13.9. The Bertz CT molecular complexity index is 1510. The topological polar surface area (TPSA) is 175 Å². The van der Waals surface area contributed by atoms with E-state index in [9.17, 15) is 24.4 Å². The van der Waals surface area contributed by atoms with Gasteiger partial charge >= 0.3 is 13.7 Å². The number of rotatable bonds is 13. The molecule has 1 aliphatic rings. The summed E-state index contributed by atoms with van der Waals surface area (Å²) in [5.74, 6) is -0.906. The molecule has 4 rings (SSSR count). The summed E-state index contributed by atoms with van der Waals surface area (Å²) in [4.78, 5) is 44.9. The van der Waals surface area contributed by atoms with Crippen LogP contribution in [0.1, 0.15) is 55.5 Å². The zero-order chi connectivity index (χ0) is 33.5. The first kappa shape index (κ1) is 35.1. The van der Waals surface area contributed by atoms with Crippen LogP contribution in [-0.2, 0) is 33.4 Å². The second kappa shape index (κ2) is 15.2. The molecule has 0 bridgehead atoms. The summed E-state index contributed by atoms with van der Waals surface area (Å²) < 4.78 is 21.8. The van der Waals surface area contributed by atoms with Gasteiger partial charge in [0.25, 0.3) is 0 Å². The number of carbonyl (C=O) groups excluding carboxylic acids is 2. The van der Waals surface area contributed by atoms with Crippen LogP contribution in [0.4, 0.5) is 4.79 Å². The molecule has 11 nitrogen and oxygen atoms in total. The van der Waals surface area contributed by atoms with E-state index in [-0.39, 0.29) is 30.9 Å². The Balaban J connectivity index is 1.56. The number of benzene rings is 3. The highest BCUT2D eigenvalue weighted by atomic mass is 31.2. The zero-order valence-corrected chi connectivity index (χ0v) is 27.1. The number of fused-ring (bicyclic) bond motifs is 1. The van der Waals surface area contributed by atoms with Crippen molar-refractivity contribution in [2.75, 3.05) is 6.35 Å². The molecule has 2 amide bonds. The van der Waals surface area contributed by atoms with E-state index < -0.39 is 55.8 Å². The summed E-state index contributed by atoms with van der Waals surface area (Å²) >= 11 is 0. The molecule has 5 atom stereocenters. The van der Waals surface area contributed by atoms with Crippen molar-refractivity contribution in [3.05, 3.63) is 101 Å². The molecule has 3 aromatic rings. The van der Waals surface area contributed by atoms with Gasteiger partial charge in [-0.2, -0.15) is 0 Å². The molecule has 0 saturated carbocycles. The molecular formula is C34H43N2O9P. The summed E-state index contributed by atoms with van der Waals surface area (Å²) in [5.41, 5.74) is 2.62. The van der Waals surface area contributed by atoms with Crippen LogP contribution in [0.15, 0.2) is 78.9 Å². The van der Waals surface area contributed by atoms with Crippen molar-refractivity contribution < 1.29 is 43.6 Å². The van der Waals surface area contributed by atoms with Gasteiger partial charge in [-0.15, -0.1) is 0 Å². The highest BCUT2D eigenvalue weighted by Gasteiger charge is 2.35. The minimum absolute atomic E-state index is 0.0277. The summed E-state index contributed by atoms with van der Waals surface area (Å²) in [6.07, 6.45) is -2.56. The van der Waals surface area contributed by atoms with Gasteiger partial charge in [0, 0.05) is 12.3 Å². The maximum Gasteiger partial charge on any atom is 0.407 e.